The second-order valence-electron chi connectivity index (χ2n) is 3.60. The highest BCUT2D eigenvalue weighted by molar-refractivity contribution is 7.52. The third-order valence-electron chi connectivity index (χ3n) is 2.50. The molecule has 84 valence electrons. The van der Waals surface area contributed by atoms with Crippen LogP contribution in [0.3, 0.4) is 0 Å². The van der Waals surface area contributed by atoms with Gasteiger partial charge in [-0.1, -0.05) is 42.5 Å². The first-order valence-electron chi connectivity index (χ1n) is 4.78. The molecule has 0 aliphatic heterocycles. The summed E-state index contributed by atoms with van der Waals surface area (Å²) < 4.78 is 11.1. The van der Waals surface area contributed by atoms with Crippen molar-refractivity contribution in [2.24, 2.45) is 5.73 Å². The minimum atomic E-state index is -4.31. The summed E-state index contributed by atoms with van der Waals surface area (Å²) in [5, 5.41) is 1.70. The van der Waals surface area contributed by atoms with Crippen molar-refractivity contribution >= 4 is 18.4 Å². The first kappa shape index (κ1) is 11.3. The third-order valence-corrected chi connectivity index (χ3v) is 3.51. The van der Waals surface area contributed by atoms with Gasteiger partial charge in [-0.2, -0.15) is 0 Å². The van der Waals surface area contributed by atoms with E-state index in [0.29, 0.717) is 5.56 Å². The van der Waals surface area contributed by atoms with Crippen molar-refractivity contribution in [3.63, 3.8) is 0 Å². The largest absolute Gasteiger partial charge is 0.346 e. The van der Waals surface area contributed by atoms with E-state index in [1.807, 2.05) is 24.3 Å². The van der Waals surface area contributed by atoms with E-state index in [-0.39, 0.29) is 0 Å². The summed E-state index contributed by atoms with van der Waals surface area (Å²) in [6, 6.07) is 12.6. The lowest BCUT2D eigenvalue weighted by Crippen LogP contribution is -2.10. The van der Waals surface area contributed by atoms with Gasteiger partial charge in [0.05, 0.1) is 0 Å². The Hall–Kier alpha value is -1.19. The molecule has 0 unspecified atom stereocenters. The lowest BCUT2D eigenvalue weighted by Gasteiger charge is -2.15. The Bertz CT molecular complexity index is 559. The molecule has 0 heterocycles. The maximum absolute atomic E-state index is 11.1. The zero-order valence-corrected chi connectivity index (χ0v) is 9.34. The summed E-state index contributed by atoms with van der Waals surface area (Å²) in [6.45, 7) is 0. The molecule has 5 heteroatoms. The molecule has 16 heavy (non-hydrogen) atoms. The molecule has 4 N–H and O–H groups in total. The molecule has 0 aliphatic rings. The molecule has 4 nitrogen and oxygen atoms in total. The van der Waals surface area contributed by atoms with Crippen LogP contribution in [0.1, 0.15) is 11.3 Å². The Labute approximate surface area is 92.9 Å². The van der Waals surface area contributed by atoms with Gasteiger partial charge in [0.15, 0.2) is 0 Å². The van der Waals surface area contributed by atoms with E-state index in [0.717, 1.165) is 10.8 Å². The first-order chi connectivity index (χ1) is 7.50. The van der Waals surface area contributed by atoms with Crippen molar-refractivity contribution in [2.45, 2.75) is 5.78 Å². The summed E-state index contributed by atoms with van der Waals surface area (Å²) in [5.74, 6) is -1.27. The fourth-order valence-corrected chi connectivity index (χ4v) is 2.28. The number of benzene rings is 2. The fourth-order valence-electron chi connectivity index (χ4n) is 1.69. The molecule has 2 rings (SSSR count). The quantitative estimate of drug-likeness (QED) is 0.697. The van der Waals surface area contributed by atoms with Crippen molar-refractivity contribution in [1.82, 2.24) is 0 Å². The zero-order chi connectivity index (χ0) is 11.8. The second-order valence-corrected chi connectivity index (χ2v) is 5.34. The van der Waals surface area contributed by atoms with E-state index in [1.54, 1.807) is 18.2 Å². The normalized spacial score (nSPS) is 13.9. The SMILES string of the molecule is N[C@@H](c1cccc2ccccc12)P(=O)(O)O. The van der Waals surface area contributed by atoms with E-state index in [4.69, 9.17) is 15.5 Å². The average molecular weight is 237 g/mol. The Morgan fingerprint density at radius 3 is 2.38 bits per heavy atom. The highest BCUT2D eigenvalue weighted by Crippen LogP contribution is 2.49. The number of fused-ring (bicyclic) bond motifs is 1. The smallest absolute Gasteiger partial charge is 0.323 e. The van der Waals surface area contributed by atoms with E-state index in [9.17, 15) is 4.57 Å². The van der Waals surface area contributed by atoms with E-state index < -0.39 is 13.4 Å². The molecule has 0 saturated carbocycles. The predicted octanol–water partition coefficient (Wildman–Crippen LogP) is 1.97. The molecule has 0 amide bonds. The Balaban J connectivity index is 2.65. The molecule has 2 aromatic rings. The first-order valence-corrected chi connectivity index (χ1v) is 6.47. The number of hydrogen-bond acceptors (Lipinski definition) is 2. The van der Waals surface area contributed by atoms with Crippen LogP contribution in [0.15, 0.2) is 42.5 Å². The molecule has 0 aromatic heterocycles. The molecule has 2 aromatic carbocycles. The minimum absolute atomic E-state index is 0.478. The maximum Gasteiger partial charge on any atom is 0.346 e. The van der Waals surface area contributed by atoms with Crippen LogP contribution in [0.25, 0.3) is 10.8 Å². The third kappa shape index (κ3) is 2.01. The molecule has 0 aliphatic carbocycles. The van der Waals surface area contributed by atoms with Crippen molar-refractivity contribution in [1.29, 1.82) is 0 Å². The fraction of sp³-hybridized carbons (Fsp3) is 0.0909. The standard InChI is InChI=1S/C11H12NO3P/c12-11(16(13,14)15)10-7-3-5-8-4-1-2-6-9(8)10/h1-7,11H,12H2,(H2,13,14,15)/t11-/m1/s1. The van der Waals surface area contributed by atoms with Crippen LogP contribution in [0.5, 0.6) is 0 Å². The van der Waals surface area contributed by atoms with E-state index in [1.165, 1.54) is 0 Å². The number of rotatable bonds is 2. The van der Waals surface area contributed by atoms with Crippen LogP contribution in [-0.4, -0.2) is 9.79 Å². The Kier molecular flexibility index (Phi) is 2.82. The molecule has 0 fully saturated rings. The van der Waals surface area contributed by atoms with Crippen LogP contribution in [0, 0.1) is 0 Å². The van der Waals surface area contributed by atoms with Gasteiger partial charge in [-0.15, -0.1) is 0 Å². The van der Waals surface area contributed by atoms with E-state index in [2.05, 4.69) is 0 Å². The number of nitrogens with two attached hydrogens (primary N) is 1. The molecular formula is C11H12NO3P. The van der Waals surface area contributed by atoms with Gasteiger partial charge in [0.25, 0.3) is 0 Å². The van der Waals surface area contributed by atoms with Gasteiger partial charge in [0.1, 0.15) is 5.78 Å². The summed E-state index contributed by atoms with van der Waals surface area (Å²) in [5.41, 5.74) is 6.05. The Morgan fingerprint density at radius 1 is 1.06 bits per heavy atom. The lowest BCUT2D eigenvalue weighted by molar-refractivity contribution is 0.360. The van der Waals surface area contributed by atoms with Crippen LogP contribution >= 0.6 is 7.60 Å². The van der Waals surface area contributed by atoms with Gasteiger partial charge in [-0.25, -0.2) is 0 Å². The van der Waals surface area contributed by atoms with Gasteiger partial charge in [-0.3, -0.25) is 4.57 Å². The van der Waals surface area contributed by atoms with Crippen molar-refractivity contribution in [2.75, 3.05) is 0 Å². The maximum atomic E-state index is 11.1. The molecule has 0 spiro atoms. The monoisotopic (exact) mass is 237 g/mol. The van der Waals surface area contributed by atoms with Gasteiger partial charge >= 0.3 is 7.60 Å². The van der Waals surface area contributed by atoms with Crippen molar-refractivity contribution in [3.05, 3.63) is 48.0 Å². The van der Waals surface area contributed by atoms with Crippen molar-refractivity contribution in [3.8, 4) is 0 Å². The summed E-state index contributed by atoms with van der Waals surface area (Å²) >= 11 is 0. The van der Waals surface area contributed by atoms with Crippen LogP contribution in [-0.2, 0) is 4.57 Å². The minimum Gasteiger partial charge on any atom is -0.323 e. The summed E-state index contributed by atoms with van der Waals surface area (Å²) in [6.07, 6.45) is 0. The van der Waals surface area contributed by atoms with E-state index >= 15 is 0 Å². The van der Waals surface area contributed by atoms with Crippen molar-refractivity contribution < 1.29 is 14.4 Å². The van der Waals surface area contributed by atoms with Gasteiger partial charge in [-0.05, 0) is 16.3 Å². The van der Waals surface area contributed by atoms with Crippen LogP contribution < -0.4 is 5.73 Å². The molecule has 0 saturated heterocycles. The molecule has 0 bridgehead atoms. The second kappa shape index (κ2) is 4.00. The van der Waals surface area contributed by atoms with Crippen LogP contribution in [0.2, 0.25) is 0 Å². The molecular weight excluding hydrogens is 225 g/mol. The topological polar surface area (TPSA) is 83.6 Å². The number of hydrogen-bond donors (Lipinski definition) is 3. The average Bonchev–Trinajstić information content (AvgIpc) is 2.26. The molecule has 0 radical (unpaired) electrons. The van der Waals surface area contributed by atoms with Gasteiger partial charge < -0.3 is 15.5 Å². The lowest BCUT2D eigenvalue weighted by atomic mass is 10.0. The van der Waals surface area contributed by atoms with Crippen LogP contribution in [0.4, 0.5) is 0 Å². The van der Waals surface area contributed by atoms with Gasteiger partial charge in [0, 0.05) is 0 Å². The summed E-state index contributed by atoms with van der Waals surface area (Å²) in [4.78, 5) is 18.2. The predicted molar refractivity (Wildman–Crippen MR) is 62.9 cm³/mol. The van der Waals surface area contributed by atoms with Gasteiger partial charge in [0.2, 0.25) is 0 Å². The summed E-state index contributed by atoms with van der Waals surface area (Å²) in [7, 11) is -4.31. The zero-order valence-electron chi connectivity index (χ0n) is 8.45. The molecule has 1 atom stereocenters. The highest BCUT2D eigenvalue weighted by atomic mass is 31.2. The Morgan fingerprint density at radius 2 is 1.69 bits per heavy atom. The highest BCUT2D eigenvalue weighted by Gasteiger charge is 2.27.